The lowest BCUT2D eigenvalue weighted by Gasteiger charge is -2.32. The van der Waals surface area contributed by atoms with E-state index >= 15 is 0 Å². The summed E-state index contributed by atoms with van der Waals surface area (Å²) in [5.74, 6) is 0.668. The van der Waals surface area contributed by atoms with Crippen molar-refractivity contribution in [3.63, 3.8) is 0 Å². The summed E-state index contributed by atoms with van der Waals surface area (Å²) in [6, 6.07) is 6.39. The van der Waals surface area contributed by atoms with Crippen LogP contribution < -0.4 is 10.3 Å². The summed E-state index contributed by atoms with van der Waals surface area (Å²) < 4.78 is 3.68. The number of fused-ring (bicyclic) bond motifs is 3. The van der Waals surface area contributed by atoms with Crippen LogP contribution in [-0.4, -0.2) is 45.7 Å². The molecule has 132 valence electrons. The Kier molecular flexibility index (Phi) is 3.43. The third-order valence-corrected chi connectivity index (χ3v) is 4.70. The summed E-state index contributed by atoms with van der Waals surface area (Å²) in [5.41, 5.74) is 8.41. The van der Waals surface area contributed by atoms with Gasteiger partial charge in [0.15, 0.2) is 0 Å². The average Bonchev–Trinajstić information content (AvgIpc) is 3.12. The van der Waals surface area contributed by atoms with E-state index in [1.807, 2.05) is 42.0 Å². The predicted octanol–water partition coefficient (Wildman–Crippen LogP) is 1.32. The van der Waals surface area contributed by atoms with Crippen LogP contribution >= 0.6 is 0 Å². The van der Waals surface area contributed by atoms with Gasteiger partial charge in [-0.1, -0.05) is 23.2 Å². The number of carbonyl (C=O) groups excluding carboxylic acids is 2. The highest BCUT2D eigenvalue weighted by Crippen LogP contribution is 2.32. The van der Waals surface area contributed by atoms with Crippen molar-refractivity contribution in [2.45, 2.75) is 13.0 Å². The van der Waals surface area contributed by atoms with Crippen LogP contribution in [-0.2, 0) is 4.79 Å². The predicted molar refractivity (Wildman–Crippen MR) is 96.3 cm³/mol. The Morgan fingerprint density at radius 3 is 2.77 bits per heavy atom. The van der Waals surface area contributed by atoms with Crippen LogP contribution in [0.15, 0.2) is 48.1 Å². The van der Waals surface area contributed by atoms with Crippen molar-refractivity contribution in [1.82, 2.24) is 14.4 Å². The van der Waals surface area contributed by atoms with E-state index in [1.165, 1.54) is 15.9 Å². The molecule has 3 heterocycles. The first-order valence-electron chi connectivity index (χ1n) is 8.22. The molecule has 0 saturated carbocycles. The van der Waals surface area contributed by atoms with Gasteiger partial charge < -0.3 is 5.73 Å². The van der Waals surface area contributed by atoms with Crippen LogP contribution in [0.1, 0.15) is 11.7 Å². The molecular weight excluding hydrogens is 332 g/mol. The Bertz CT molecular complexity index is 990. The summed E-state index contributed by atoms with van der Waals surface area (Å²) in [6.45, 7) is 5.71. The smallest absolute Gasteiger partial charge is 0.396 e. The van der Waals surface area contributed by atoms with Crippen molar-refractivity contribution in [2.24, 2.45) is 4.99 Å². The van der Waals surface area contributed by atoms with Crippen molar-refractivity contribution >= 4 is 29.4 Å². The van der Waals surface area contributed by atoms with Gasteiger partial charge in [0, 0.05) is 13.6 Å². The summed E-state index contributed by atoms with van der Waals surface area (Å²) >= 11 is 0. The zero-order valence-electron chi connectivity index (χ0n) is 14.6. The van der Waals surface area contributed by atoms with Gasteiger partial charge in [-0.15, -0.1) is 6.58 Å². The molecule has 8 heteroatoms. The molecule has 2 aromatic rings. The molecule has 4 rings (SSSR count). The molecule has 2 N–H and O–H groups in total. The van der Waals surface area contributed by atoms with Gasteiger partial charge in [-0.2, -0.15) is 4.57 Å². The molecule has 0 radical (unpaired) electrons. The van der Waals surface area contributed by atoms with Crippen LogP contribution in [0.5, 0.6) is 0 Å². The number of carbonyl (C=O) groups is 2. The number of para-hydroxylation sites is 2. The minimum atomic E-state index is -0.669. The zero-order chi connectivity index (χ0) is 18.6. The first kappa shape index (κ1) is 16.1. The second kappa shape index (κ2) is 5.55. The number of amidine groups is 1. The van der Waals surface area contributed by atoms with Crippen molar-refractivity contribution < 1.29 is 14.2 Å². The van der Waals surface area contributed by atoms with Crippen molar-refractivity contribution in [2.75, 3.05) is 19.3 Å². The molecule has 1 saturated heterocycles. The lowest BCUT2D eigenvalue weighted by molar-refractivity contribution is -0.676. The topological polar surface area (TPSA) is 87.8 Å². The summed E-state index contributed by atoms with van der Waals surface area (Å²) in [6.07, 6.45) is 3.39. The molecule has 0 aliphatic carbocycles. The van der Waals surface area contributed by atoms with Gasteiger partial charge in [-0.3, -0.25) is 14.6 Å². The van der Waals surface area contributed by atoms with E-state index in [9.17, 15) is 9.59 Å². The molecule has 0 spiro atoms. The first-order chi connectivity index (χ1) is 12.5. The van der Waals surface area contributed by atoms with E-state index in [2.05, 4.69) is 11.6 Å². The number of hydrogen-bond donors (Lipinski definition) is 1. The number of aryl methyl sites for hydroxylation is 1. The number of benzene rings is 1. The minimum absolute atomic E-state index is 0.160. The molecule has 1 unspecified atom stereocenters. The van der Waals surface area contributed by atoms with Crippen LogP contribution in [0, 0.1) is 6.92 Å². The van der Waals surface area contributed by atoms with Gasteiger partial charge in [-0.25, -0.2) is 9.36 Å². The lowest BCUT2D eigenvalue weighted by atomic mass is 10.1. The van der Waals surface area contributed by atoms with Crippen LogP contribution in [0.3, 0.4) is 0 Å². The number of hydrogen-bond acceptors (Lipinski definition) is 4. The van der Waals surface area contributed by atoms with Gasteiger partial charge in [0.1, 0.15) is 17.6 Å². The molecule has 1 atom stereocenters. The Morgan fingerprint density at radius 1 is 1.35 bits per heavy atom. The van der Waals surface area contributed by atoms with E-state index < -0.39 is 12.1 Å². The van der Waals surface area contributed by atoms with Crippen LogP contribution in [0.2, 0.25) is 0 Å². The molecule has 1 fully saturated rings. The lowest BCUT2D eigenvalue weighted by Crippen LogP contribution is -2.62. The van der Waals surface area contributed by atoms with E-state index in [0.717, 1.165) is 11.4 Å². The van der Waals surface area contributed by atoms with Crippen molar-refractivity contribution in [1.29, 1.82) is 0 Å². The fraction of sp³-hybridized carbons (Fsp3) is 0.222. The Balaban J connectivity index is 1.89. The quantitative estimate of drug-likeness (QED) is 0.514. The third kappa shape index (κ3) is 2.01. The highest BCUT2D eigenvalue weighted by molar-refractivity contribution is 6.19. The normalized spacial score (nSPS) is 18.7. The molecule has 0 bridgehead atoms. The highest BCUT2D eigenvalue weighted by atomic mass is 16.2. The largest absolute Gasteiger partial charge is 0.407 e. The Hall–Kier alpha value is -3.42. The van der Waals surface area contributed by atoms with Gasteiger partial charge in [0.05, 0.1) is 5.69 Å². The number of nitrogens with zero attached hydrogens (tertiary/aromatic N) is 5. The number of urea groups is 1. The zero-order valence-corrected chi connectivity index (χ0v) is 14.6. The maximum absolute atomic E-state index is 12.9. The fourth-order valence-corrected chi connectivity index (χ4v) is 3.47. The van der Waals surface area contributed by atoms with E-state index in [-0.39, 0.29) is 12.5 Å². The van der Waals surface area contributed by atoms with Crippen LogP contribution in [0.4, 0.5) is 16.4 Å². The summed E-state index contributed by atoms with van der Waals surface area (Å²) in [7, 11) is 1.62. The van der Waals surface area contributed by atoms with E-state index in [1.54, 1.807) is 11.6 Å². The number of nitrogens with two attached hydrogens (primary N) is 1. The molecule has 3 amide bonds. The molecule has 26 heavy (non-hydrogen) atoms. The maximum atomic E-state index is 12.9. The number of aliphatic imine (C=N–C) groups is 1. The fourth-order valence-electron chi connectivity index (χ4n) is 3.47. The number of nitrogen functional groups attached to an aromatic ring is 1. The molecule has 8 nitrogen and oxygen atoms in total. The molecular formula is C18H19N6O2+. The molecule has 1 aromatic carbocycles. The maximum Gasteiger partial charge on any atom is 0.407 e. The van der Waals surface area contributed by atoms with Crippen molar-refractivity contribution in [3.05, 3.63) is 48.8 Å². The monoisotopic (exact) mass is 351 g/mol. The van der Waals surface area contributed by atoms with Gasteiger partial charge in [-0.05, 0) is 19.1 Å². The third-order valence-electron chi connectivity index (χ3n) is 4.70. The number of rotatable bonds is 3. The Labute approximate surface area is 150 Å². The summed E-state index contributed by atoms with van der Waals surface area (Å²) in [4.78, 5) is 32.6. The summed E-state index contributed by atoms with van der Waals surface area (Å²) in [5, 5.41) is 0. The SMILES string of the molecule is C=CCN1C(=O)C2C(=Nc3n(-c4ccccc4N)c(C)c[n+]32)N(C)C1=O. The van der Waals surface area contributed by atoms with Gasteiger partial charge in [0.25, 0.3) is 5.91 Å². The molecule has 2 aliphatic rings. The number of imide groups is 1. The number of imidazole rings is 1. The minimum Gasteiger partial charge on any atom is -0.396 e. The van der Waals surface area contributed by atoms with Gasteiger partial charge >= 0.3 is 12.0 Å². The average molecular weight is 351 g/mol. The Morgan fingerprint density at radius 2 is 2.08 bits per heavy atom. The van der Waals surface area contributed by atoms with E-state index in [0.29, 0.717) is 17.5 Å². The highest BCUT2D eigenvalue weighted by Gasteiger charge is 2.53. The molecule has 2 aliphatic heterocycles. The van der Waals surface area contributed by atoms with Gasteiger partial charge in [0.2, 0.25) is 11.9 Å². The molecule has 1 aromatic heterocycles. The number of anilines is 1. The standard InChI is InChI=1S/C18H19N6O2/c1-4-9-22-16(25)14-15(21(3)18(22)26)20-17-23(14)10-11(2)24(17)13-8-6-5-7-12(13)19/h4-8,10,14H,1,9,19H2,2-3H3/q+1. The van der Waals surface area contributed by atoms with Crippen molar-refractivity contribution in [3.8, 4) is 5.69 Å². The second-order valence-corrected chi connectivity index (χ2v) is 6.32. The van der Waals surface area contributed by atoms with E-state index in [4.69, 9.17) is 5.73 Å². The van der Waals surface area contributed by atoms with Crippen LogP contribution in [0.25, 0.3) is 5.69 Å². The number of aromatic nitrogens is 2. The second-order valence-electron chi connectivity index (χ2n) is 6.32. The number of likely N-dealkylation sites (N-methyl/N-ethyl adjacent to an activating group) is 1. The number of amides is 3. The first-order valence-corrected chi connectivity index (χ1v) is 8.22.